The lowest BCUT2D eigenvalue weighted by Gasteiger charge is -2.21. The molecule has 0 radical (unpaired) electrons. The molecule has 0 aromatic heterocycles. The van der Waals surface area contributed by atoms with Crippen molar-refractivity contribution in [3.63, 3.8) is 0 Å². The van der Waals surface area contributed by atoms with Crippen molar-refractivity contribution in [2.75, 3.05) is 0 Å². The lowest BCUT2D eigenvalue weighted by molar-refractivity contribution is -0.116. The normalized spacial score (nSPS) is 11.5. The van der Waals surface area contributed by atoms with Gasteiger partial charge in [-0.3, -0.25) is 4.79 Å². The van der Waals surface area contributed by atoms with Crippen molar-refractivity contribution in [1.29, 1.82) is 0 Å². The first-order valence-corrected chi connectivity index (χ1v) is 5.13. The van der Waals surface area contributed by atoms with E-state index in [1.54, 1.807) is 6.07 Å². The van der Waals surface area contributed by atoms with Gasteiger partial charge in [-0.25, -0.2) is 0 Å². The van der Waals surface area contributed by atoms with Crippen LogP contribution in [0, 0.1) is 0 Å². The monoisotopic (exact) mass is 206 g/mol. The summed E-state index contributed by atoms with van der Waals surface area (Å²) in [7, 11) is 0. The Labute approximate surface area is 90.9 Å². The molecule has 0 spiro atoms. The topological polar surface area (TPSA) is 37.3 Å². The molecule has 0 saturated carbocycles. The van der Waals surface area contributed by atoms with E-state index in [9.17, 15) is 9.90 Å². The summed E-state index contributed by atoms with van der Waals surface area (Å²) in [6, 6.07) is 5.59. The molecule has 15 heavy (non-hydrogen) atoms. The molecule has 1 aromatic rings. The molecule has 1 N–H and O–H groups in total. The molecule has 2 heteroatoms. The van der Waals surface area contributed by atoms with Crippen molar-refractivity contribution >= 4 is 5.78 Å². The summed E-state index contributed by atoms with van der Waals surface area (Å²) in [5.41, 5.74) is 1.51. The van der Waals surface area contributed by atoms with Crippen LogP contribution in [0.4, 0.5) is 0 Å². The molecule has 0 aliphatic heterocycles. The van der Waals surface area contributed by atoms with Crippen molar-refractivity contribution in [2.24, 2.45) is 0 Å². The molecule has 82 valence electrons. The number of ketones is 1. The average Bonchev–Trinajstić information content (AvgIpc) is 2.05. The van der Waals surface area contributed by atoms with Crippen molar-refractivity contribution in [3.8, 4) is 5.75 Å². The van der Waals surface area contributed by atoms with Gasteiger partial charge in [-0.1, -0.05) is 39.0 Å². The summed E-state index contributed by atoms with van der Waals surface area (Å²) in [6.07, 6.45) is 0.301. The van der Waals surface area contributed by atoms with E-state index in [1.807, 2.05) is 32.9 Å². The average molecular weight is 206 g/mol. The Kier molecular flexibility index (Phi) is 3.18. The van der Waals surface area contributed by atoms with Gasteiger partial charge in [0.2, 0.25) is 0 Å². The second-order valence-corrected chi connectivity index (χ2v) is 4.94. The van der Waals surface area contributed by atoms with Crippen LogP contribution in [0.2, 0.25) is 0 Å². The number of hydrogen-bond acceptors (Lipinski definition) is 2. The summed E-state index contributed by atoms with van der Waals surface area (Å²) in [5, 5.41) is 10.0. The fourth-order valence-electron chi connectivity index (χ4n) is 1.61. The van der Waals surface area contributed by atoms with E-state index in [-0.39, 0.29) is 16.9 Å². The van der Waals surface area contributed by atoms with Gasteiger partial charge in [0.15, 0.2) is 0 Å². The Bertz CT molecular complexity index is 373. The number of para-hydroxylation sites is 1. The van der Waals surface area contributed by atoms with E-state index < -0.39 is 0 Å². The highest BCUT2D eigenvalue weighted by Crippen LogP contribution is 2.33. The summed E-state index contributed by atoms with van der Waals surface area (Å²) < 4.78 is 0. The van der Waals surface area contributed by atoms with Crippen LogP contribution in [-0.2, 0) is 16.6 Å². The fourth-order valence-corrected chi connectivity index (χ4v) is 1.61. The Morgan fingerprint density at radius 3 is 2.40 bits per heavy atom. The number of rotatable bonds is 2. The minimum atomic E-state index is -0.100. The van der Waals surface area contributed by atoms with Gasteiger partial charge in [0.25, 0.3) is 0 Å². The smallest absolute Gasteiger partial charge is 0.134 e. The molecular weight excluding hydrogens is 188 g/mol. The molecule has 0 saturated heterocycles. The maximum absolute atomic E-state index is 11.0. The standard InChI is InChI=1S/C13H18O2/c1-9(14)8-10-6-5-7-11(12(10)15)13(2,3)4/h5-7,15H,8H2,1-4H3. The van der Waals surface area contributed by atoms with E-state index in [4.69, 9.17) is 0 Å². The lowest BCUT2D eigenvalue weighted by Crippen LogP contribution is -2.12. The second kappa shape index (κ2) is 4.05. The maximum atomic E-state index is 11.0. The zero-order valence-corrected chi connectivity index (χ0v) is 9.79. The van der Waals surface area contributed by atoms with Crippen LogP contribution < -0.4 is 0 Å². The van der Waals surface area contributed by atoms with Crippen molar-refractivity contribution in [1.82, 2.24) is 0 Å². The van der Waals surface area contributed by atoms with Gasteiger partial charge >= 0.3 is 0 Å². The number of phenols is 1. The largest absolute Gasteiger partial charge is 0.507 e. The van der Waals surface area contributed by atoms with Crippen LogP contribution in [0.25, 0.3) is 0 Å². The predicted molar refractivity (Wildman–Crippen MR) is 61.2 cm³/mol. The highest BCUT2D eigenvalue weighted by atomic mass is 16.3. The van der Waals surface area contributed by atoms with Crippen molar-refractivity contribution in [3.05, 3.63) is 29.3 Å². The van der Waals surface area contributed by atoms with Crippen LogP contribution >= 0.6 is 0 Å². The Morgan fingerprint density at radius 2 is 1.93 bits per heavy atom. The predicted octanol–water partition coefficient (Wildman–Crippen LogP) is 2.82. The first kappa shape index (κ1) is 11.8. The molecular formula is C13H18O2. The number of phenolic OH excluding ortho intramolecular Hbond substituents is 1. The number of Topliss-reactive ketones (excluding diaryl/α,β-unsaturated/α-hetero) is 1. The molecule has 0 heterocycles. The molecule has 2 nitrogen and oxygen atoms in total. The first-order chi connectivity index (χ1) is 6.82. The van der Waals surface area contributed by atoms with Crippen LogP contribution in [0.3, 0.4) is 0 Å². The van der Waals surface area contributed by atoms with Gasteiger partial charge in [0, 0.05) is 12.0 Å². The maximum Gasteiger partial charge on any atom is 0.134 e. The highest BCUT2D eigenvalue weighted by Gasteiger charge is 2.19. The van der Waals surface area contributed by atoms with Crippen molar-refractivity contribution < 1.29 is 9.90 Å². The SMILES string of the molecule is CC(=O)Cc1cccc(C(C)(C)C)c1O. The zero-order chi connectivity index (χ0) is 11.6. The highest BCUT2D eigenvalue weighted by molar-refractivity contribution is 5.79. The van der Waals surface area contributed by atoms with Crippen LogP contribution in [0.15, 0.2) is 18.2 Å². The Morgan fingerprint density at radius 1 is 1.33 bits per heavy atom. The summed E-state index contributed by atoms with van der Waals surface area (Å²) in [4.78, 5) is 11.0. The third-order valence-electron chi connectivity index (χ3n) is 2.37. The third kappa shape index (κ3) is 2.82. The number of aromatic hydroxyl groups is 1. The molecule has 0 fully saturated rings. The minimum absolute atomic E-state index is 0.0661. The quantitative estimate of drug-likeness (QED) is 0.807. The number of carbonyl (C=O) groups is 1. The summed E-state index contributed by atoms with van der Waals surface area (Å²) in [5.74, 6) is 0.330. The zero-order valence-electron chi connectivity index (χ0n) is 9.79. The molecule has 0 aliphatic rings. The summed E-state index contributed by atoms with van der Waals surface area (Å²) >= 11 is 0. The van der Waals surface area contributed by atoms with Gasteiger partial charge in [0.05, 0.1) is 0 Å². The molecule has 0 aliphatic carbocycles. The van der Waals surface area contributed by atoms with Gasteiger partial charge < -0.3 is 5.11 Å². The summed E-state index contributed by atoms with van der Waals surface area (Å²) in [6.45, 7) is 7.65. The number of carbonyl (C=O) groups excluding carboxylic acids is 1. The molecule has 1 aromatic carbocycles. The van der Waals surface area contributed by atoms with E-state index in [0.717, 1.165) is 11.1 Å². The van der Waals surface area contributed by atoms with Gasteiger partial charge in [-0.05, 0) is 17.9 Å². The van der Waals surface area contributed by atoms with Gasteiger partial charge in [-0.2, -0.15) is 0 Å². The second-order valence-electron chi connectivity index (χ2n) is 4.94. The Hall–Kier alpha value is -1.31. The van der Waals surface area contributed by atoms with Crippen LogP contribution in [-0.4, -0.2) is 10.9 Å². The molecule has 0 atom stereocenters. The number of hydrogen-bond donors (Lipinski definition) is 1. The molecule has 0 unspecified atom stereocenters. The number of benzene rings is 1. The molecule has 1 rings (SSSR count). The van der Waals surface area contributed by atoms with Crippen LogP contribution in [0.5, 0.6) is 5.75 Å². The Balaban J connectivity index is 3.17. The lowest BCUT2D eigenvalue weighted by atomic mass is 9.85. The minimum Gasteiger partial charge on any atom is -0.507 e. The van der Waals surface area contributed by atoms with Crippen molar-refractivity contribution in [2.45, 2.75) is 39.5 Å². The van der Waals surface area contributed by atoms with E-state index in [1.165, 1.54) is 6.92 Å². The van der Waals surface area contributed by atoms with Gasteiger partial charge in [-0.15, -0.1) is 0 Å². The first-order valence-electron chi connectivity index (χ1n) is 5.13. The van der Waals surface area contributed by atoms with Gasteiger partial charge in [0.1, 0.15) is 11.5 Å². The third-order valence-corrected chi connectivity index (χ3v) is 2.37. The molecule has 0 bridgehead atoms. The fraction of sp³-hybridized carbons (Fsp3) is 0.462. The van der Waals surface area contributed by atoms with E-state index in [2.05, 4.69) is 0 Å². The van der Waals surface area contributed by atoms with E-state index in [0.29, 0.717) is 6.42 Å². The van der Waals surface area contributed by atoms with Crippen LogP contribution in [0.1, 0.15) is 38.8 Å². The van der Waals surface area contributed by atoms with E-state index >= 15 is 0 Å². The molecule has 0 amide bonds.